The fraction of sp³-hybridized carbons (Fsp3) is 0.730. The summed E-state index contributed by atoms with van der Waals surface area (Å²) >= 11 is 0. The Bertz CT molecular complexity index is 2140. The van der Waals surface area contributed by atoms with Crippen molar-refractivity contribution in [2.75, 3.05) is 47.5 Å². The molecule has 0 fully saturated rings. The molecular formula is C89H157NO8P+. The third kappa shape index (κ3) is 83.0. The SMILES string of the molecule is CC/C=C\C/C=C\C/C=C\C/C=C\C/C=C\C/C=C\C/C=C\C/C=C\C/C=C\C/C=C\C/C=C\CCCCCCCCCC(=O)OC(COC(=O)CCCCCCCCCCCCCCCCCCCCCCCCCCCCCCCCCCCC)COP(=O)(O)OCC[N+](C)(C)C. The lowest BCUT2D eigenvalue weighted by Gasteiger charge is -2.24. The van der Waals surface area contributed by atoms with E-state index < -0.39 is 26.5 Å². The van der Waals surface area contributed by atoms with E-state index in [1.807, 2.05) is 21.1 Å². The largest absolute Gasteiger partial charge is 0.472 e. The number of carbonyl (C=O) groups is 2. The Hall–Kier alpha value is -3.85. The molecule has 0 aromatic rings. The molecule has 10 heteroatoms. The monoisotopic (exact) mass is 1400 g/mol. The van der Waals surface area contributed by atoms with Gasteiger partial charge in [-0.2, -0.15) is 0 Å². The number of phosphoric ester groups is 1. The predicted octanol–water partition coefficient (Wildman–Crippen LogP) is 27.9. The summed E-state index contributed by atoms with van der Waals surface area (Å²) in [5.41, 5.74) is 0. The van der Waals surface area contributed by atoms with E-state index in [9.17, 15) is 19.0 Å². The summed E-state index contributed by atoms with van der Waals surface area (Å²) in [5, 5.41) is 0. The zero-order valence-electron chi connectivity index (χ0n) is 65.2. The average Bonchev–Trinajstić information content (AvgIpc) is 0.987. The number of phosphoric acid groups is 1. The number of carbonyl (C=O) groups excluding carboxylic acids is 2. The van der Waals surface area contributed by atoms with E-state index in [1.165, 1.54) is 218 Å². The molecule has 0 aliphatic heterocycles. The van der Waals surface area contributed by atoms with Crippen LogP contribution in [0.3, 0.4) is 0 Å². The third-order valence-corrected chi connectivity index (χ3v) is 18.9. The lowest BCUT2D eigenvalue weighted by Crippen LogP contribution is -2.37. The normalized spacial score (nSPS) is 13.7. The molecule has 0 aromatic carbocycles. The van der Waals surface area contributed by atoms with Gasteiger partial charge in [0, 0.05) is 12.8 Å². The van der Waals surface area contributed by atoms with Gasteiger partial charge in [0.25, 0.3) is 0 Å². The van der Waals surface area contributed by atoms with Crippen molar-refractivity contribution in [1.29, 1.82) is 0 Å². The Balaban J connectivity index is 4.02. The summed E-state index contributed by atoms with van der Waals surface area (Å²) < 4.78 is 34.8. The first kappa shape index (κ1) is 95.2. The molecule has 2 atom stereocenters. The molecule has 0 radical (unpaired) electrons. The summed E-state index contributed by atoms with van der Waals surface area (Å²) in [4.78, 5) is 36.0. The Morgan fingerprint density at radius 3 is 0.859 bits per heavy atom. The molecule has 0 heterocycles. The summed E-state index contributed by atoms with van der Waals surface area (Å²) in [7, 11) is 1.47. The van der Waals surface area contributed by atoms with Crippen LogP contribution < -0.4 is 0 Å². The number of allylic oxidation sites excluding steroid dienone is 22. The maximum Gasteiger partial charge on any atom is 0.472 e. The zero-order valence-corrected chi connectivity index (χ0v) is 66.1. The lowest BCUT2D eigenvalue weighted by atomic mass is 10.0. The molecule has 0 rings (SSSR count). The summed E-state index contributed by atoms with van der Waals surface area (Å²) in [6.07, 6.45) is 115. The first-order chi connectivity index (χ1) is 48.5. The van der Waals surface area contributed by atoms with Crippen molar-refractivity contribution < 1.29 is 42.1 Å². The lowest BCUT2D eigenvalue weighted by molar-refractivity contribution is -0.870. The molecule has 570 valence electrons. The number of quaternary nitrogens is 1. The van der Waals surface area contributed by atoms with E-state index in [-0.39, 0.29) is 32.0 Å². The number of nitrogens with zero attached hydrogens (tertiary/aromatic N) is 1. The van der Waals surface area contributed by atoms with E-state index in [1.54, 1.807) is 0 Å². The Morgan fingerprint density at radius 2 is 0.576 bits per heavy atom. The number of hydrogen-bond acceptors (Lipinski definition) is 7. The van der Waals surface area contributed by atoms with Crippen LogP contribution in [0, 0.1) is 0 Å². The van der Waals surface area contributed by atoms with Crippen LogP contribution in [0.1, 0.15) is 367 Å². The minimum absolute atomic E-state index is 0.0251. The average molecular weight is 1400 g/mol. The molecule has 1 N–H and O–H groups in total. The molecule has 0 aliphatic carbocycles. The third-order valence-electron chi connectivity index (χ3n) is 17.9. The van der Waals surface area contributed by atoms with Crippen LogP contribution in [0.15, 0.2) is 134 Å². The van der Waals surface area contributed by atoms with Crippen LogP contribution in [0.4, 0.5) is 0 Å². The maximum absolute atomic E-state index is 12.9. The highest BCUT2D eigenvalue weighted by Gasteiger charge is 2.27. The van der Waals surface area contributed by atoms with Gasteiger partial charge in [0.15, 0.2) is 6.10 Å². The molecule has 0 saturated heterocycles. The van der Waals surface area contributed by atoms with Crippen LogP contribution in [0.25, 0.3) is 0 Å². The second-order valence-corrected chi connectivity index (χ2v) is 30.2. The van der Waals surface area contributed by atoms with Crippen LogP contribution >= 0.6 is 7.82 Å². The molecule has 0 spiro atoms. The van der Waals surface area contributed by atoms with Crippen molar-refractivity contribution in [2.24, 2.45) is 0 Å². The molecule has 9 nitrogen and oxygen atoms in total. The summed E-state index contributed by atoms with van der Waals surface area (Å²) in [5.74, 6) is -0.802. The molecule has 99 heavy (non-hydrogen) atoms. The number of unbranched alkanes of at least 4 members (excludes halogenated alkanes) is 40. The molecular weight excluding hydrogens is 1240 g/mol. The van der Waals surface area contributed by atoms with Crippen molar-refractivity contribution in [3.8, 4) is 0 Å². The van der Waals surface area contributed by atoms with Crippen LogP contribution in [-0.2, 0) is 32.7 Å². The van der Waals surface area contributed by atoms with E-state index in [0.717, 1.165) is 116 Å². The van der Waals surface area contributed by atoms with Gasteiger partial charge in [0.1, 0.15) is 19.8 Å². The fourth-order valence-electron chi connectivity index (χ4n) is 11.7. The first-order valence-corrected chi connectivity index (χ1v) is 42.9. The van der Waals surface area contributed by atoms with Crippen molar-refractivity contribution in [2.45, 2.75) is 373 Å². The van der Waals surface area contributed by atoms with Gasteiger partial charge in [0.2, 0.25) is 0 Å². The molecule has 0 bridgehead atoms. The van der Waals surface area contributed by atoms with Gasteiger partial charge < -0.3 is 18.9 Å². The standard InChI is InChI=1S/C89H156NO8P/c1-6-8-10-12-14-16-18-20-22-24-26-28-30-32-34-36-38-40-42-43-44-45-46-47-48-50-52-54-56-58-60-62-64-66-68-70-72-74-76-78-80-82-89(92)98-87(86-97-99(93,94)96-84-83-90(3,4)5)85-95-88(91)81-79-77-75-73-71-69-67-65-63-61-59-57-55-53-51-49-41-39-37-35-33-31-29-27-25-23-21-19-17-15-13-11-9-7-2/h8,10,14,16,20,22,26,28,32,34,38,40,43-44,46-47,50,52,56,58,62,64,87H,6-7,9,11-13,15,17-19,21,23-25,27,29-31,33,35-37,39,41-42,45,48-49,51,53-55,57,59-61,63,65-86H2,1-5H3/p+1/b10-8-,16-14-,22-20-,28-26-,34-32-,40-38-,44-43-,47-46-,52-50-,58-56-,64-62-. The zero-order chi connectivity index (χ0) is 71.8. The highest BCUT2D eigenvalue weighted by atomic mass is 31.2. The quantitative estimate of drug-likeness (QED) is 0.0211. The number of hydrogen-bond donors (Lipinski definition) is 1. The molecule has 0 saturated carbocycles. The van der Waals surface area contributed by atoms with E-state index in [2.05, 4.69) is 148 Å². The van der Waals surface area contributed by atoms with Crippen molar-refractivity contribution >= 4 is 19.8 Å². The van der Waals surface area contributed by atoms with E-state index in [4.69, 9.17) is 18.5 Å². The number of ether oxygens (including phenoxy) is 2. The first-order valence-electron chi connectivity index (χ1n) is 41.4. The van der Waals surface area contributed by atoms with Crippen molar-refractivity contribution in [3.05, 3.63) is 134 Å². The van der Waals surface area contributed by atoms with Crippen LogP contribution in [-0.4, -0.2) is 74.9 Å². The Labute approximate surface area is 612 Å². The Morgan fingerprint density at radius 1 is 0.323 bits per heavy atom. The van der Waals surface area contributed by atoms with Gasteiger partial charge in [0.05, 0.1) is 27.7 Å². The number of likely N-dealkylation sites (N-methyl/N-ethyl adjacent to an activating group) is 1. The smallest absolute Gasteiger partial charge is 0.462 e. The number of esters is 2. The van der Waals surface area contributed by atoms with Gasteiger partial charge in [-0.15, -0.1) is 0 Å². The highest BCUT2D eigenvalue weighted by molar-refractivity contribution is 7.47. The Kier molecular flexibility index (Phi) is 75.2. The minimum atomic E-state index is -4.41. The van der Waals surface area contributed by atoms with Crippen molar-refractivity contribution in [1.82, 2.24) is 0 Å². The fourth-order valence-corrected chi connectivity index (χ4v) is 12.4. The molecule has 0 aliphatic rings. The van der Waals surface area contributed by atoms with E-state index in [0.29, 0.717) is 17.4 Å². The van der Waals surface area contributed by atoms with Gasteiger partial charge in [-0.25, -0.2) is 4.57 Å². The minimum Gasteiger partial charge on any atom is -0.462 e. The number of rotatable bonds is 76. The second-order valence-electron chi connectivity index (χ2n) is 28.8. The van der Waals surface area contributed by atoms with Crippen LogP contribution in [0.2, 0.25) is 0 Å². The van der Waals surface area contributed by atoms with Gasteiger partial charge in [-0.3, -0.25) is 18.6 Å². The maximum atomic E-state index is 12.9. The topological polar surface area (TPSA) is 108 Å². The van der Waals surface area contributed by atoms with Crippen molar-refractivity contribution in [3.63, 3.8) is 0 Å². The molecule has 0 aromatic heterocycles. The van der Waals surface area contributed by atoms with E-state index >= 15 is 0 Å². The van der Waals surface area contributed by atoms with Gasteiger partial charge >= 0.3 is 19.8 Å². The highest BCUT2D eigenvalue weighted by Crippen LogP contribution is 2.43. The molecule has 2 unspecified atom stereocenters. The summed E-state index contributed by atoms with van der Waals surface area (Å²) in [6.45, 7) is 4.35. The second kappa shape index (κ2) is 78.3. The predicted molar refractivity (Wildman–Crippen MR) is 431 cm³/mol. The van der Waals surface area contributed by atoms with Crippen LogP contribution in [0.5, 0.6) is 0 Å². The van der Waals surface area contributed by atoms with Gasteiger partial charge in [-0.1, -0.05) is 392 Å². The van der Waals surface area contributed by atoms with Gasteiger partial charge in [-0.05, 0) is 96.3 Å². The molecule has 0 amide bonds. The summed E-state index contributed by atoms with van der Waals surface area (Å²) in [6, 6.07) is 0.